The van der Waals surface area contributed by atoms with Gasteiger partial charge in [-0.2, -0.15) is 22.7 Å². The van der Waals surface area contributed by atoms with Crippen molar-refractivity contribution in [2.45, 2.75) is 17.3 Å². The van der Waals surface area contributed by atoms with Gasteiger partial charge in [0.2, 0.25) is 11.1 Å². The van der Waals surface area contributed by atoms with Crippen LogP contribution in [0.5, 0.6) is 0 Å². The van der Waals surface area contributed by atoms with E-state index in [1.807, 2.05) is 40.6 Å². The molecule has 1 atom stereocenters. The Morgan fingerprint density at radius 2 is 1.78 bits per heavy atom. The Morgan fingerprint density at radius 1 is 1.13 bits per heavy atom. The third-order valence-corrected chi connectivity index (χ3v) is 5.47. The maximum absolute atomic E-state index is 11.7. The van der Waals surface area contributed by atoms with E-state index in [0.29, 0.717) is 5.16 Å². The average molecular weight is 363 g/mol. The molecule has 1 amide bonds. The third kappa shape index (κ3) is 3.60. The van der Waals surface area contributed by atoms with Crippen molar-refractivity contribution in [2.24, 2.45) is 0 Å². The maximum Gasteiger partial charge on any atom is 0.233 e. The van der Waals surface area contributed by atoms with Crippen molar-refractivity contribution in [2.75, 3.05) is 7.05 Å². The second-order valence-electron chi connectivity index (χ2n) is 4.69. The number of thiophene rings is 2. The largest absolute Gasteiger partial charge is 0.358 e. The first-order valence-corrected chi connectivity index (χ1v) is 9.63. The minimum Gasteiger partial charge on any atom is -0.358 e. The molecule has 3 rings (SSSR count). The van der Waals surface area contributed by atoms with Gasteiger partial charge in [-0.25, -0.2) is 4.98 Å². The smallest absolute Gasteiger partial charge is 0.233 e. The number of carbonyl (C=O) groups excluding carboxylic acids is 1. The molecule has 0 aliphatic rings. The molecule has 3 aromatic heterocycles. The number of aromatic nitrogens is 3. The third-order valence-electron chi connectivity index (χ3n) is 3.15. The predicted molar refractivity (Wildman–Crippen MR) is 95.8 cm³/mol. The Bertz CT molecular complexity index is 787. The zero-order valence-corrected chi connectivity index (χ0v) is 15.0. The van der Waals surface area contributed by atoms with E-state index in [1.165, 1.54) is 11.8 Å². The number of carbonyl (C=O) groups is 1. The van der Waals surface area contributed by atoms with Gasteiger partial charge in [0.1, 0.15) is 11.4 Å². The molecule has 0 fully saturated rings. The lowest BCUT2D eigenvalue weighted by molar-refractivity contribution is -0.119. The van der Waals surface area contributed by atoms with Crippen LogP contribution in [0.1, 0.15) is 6.92 Å². The zero-order chi connectivity index (χ0) is 16.2. The molecule has 118 valence electrons. The predicted octanol–water partition coefficient (Wildman–Crippen LogP) is 3.56. The van der Waals surface area contributed by atoms with Crippen LogP contribution >= 0.6 is 34.4 Å². The second-order valence-corrected chi connectivity index (χ2v) is 7.56. The van der Waals surface area contributed by atoms with E-state index in [4.69, 9.17) is 0 Å². The van der Waals surface area contributed by atoms with Gasteiger partial charge in [-0.05, 0) is 29.8 Å². The Hall–Kier alpha value is -1.77. The Balaban J connectivity index is 1.99. The van der Waals surface area contributed by atoms with Crippen molar-refractivity contribution in [1.82, 2.24) is 20.5 Å². The van der Waals surface area contributed by atoms with Crippen LogP contribution in [0, 0.1) is 0 Å². The molecule has 3 heterocycles. The number of rotatable bonds is 5. The van der Waals surface area contributed by atoms with Gasteiger partial charge in [0.05, 0.1) is 5.25 Å². The summed E-state index contributed by atoms with van der Waals surface area (Å²) >= 11 is 4.53. The first kappa shape index (κ1) is 16.1. The number of amides is 1. The molecule has 1 unspecified atom stereocenters. The Morgan fingerprint density at radius 3 is 2.35 bits per heavy atom. The summed E-state index contributed by atoms with van der Waals surface area (Å²) in [6.07, 6.45) is 0. The summed E-state index contributed by atoms with van der Waals surface area (Å²) in [6.45, 7) is 1.82. The van der Waals surface area contributed by atoms with E-state index in [2.05, 4.69) is 20.5 Å². The van der Waals surface area contributed by atoms with E-state index in [-0.39, 0.29) is 11.2 Å². The summed E-state index contributed by atoms with van der Waals surface area (Å²) in [5, 5.41) is 19.5. The molecule has 0 bridgehead atoms. The highest BCUT2D eigenvalue weighted by atomic mass is 32.2. The monoisotopic (exact) mass is 362 g/mol. The van der Waals surface area contributed by atoms with Gasteiger partial charge in [-0.15, -0.1) is 10.2 Å². The average Bonchev–Trinajstić information content (AvgIpc) is 3.27. The van der Waals surface area contributed by atoms with Crippen LogP contribution < -0.4 is 5.32 Å². The van der Waals surface area contributed by atoms with E-state index in [0.717, 1.165) is 22.5 Å². The van der Waals surface area contributed by atoms with Crippen LogP contribution in [0.15, 0.2) is 38.8 Å². The van der Waals surface area contributed by atoms with Crippen molar-refractivity contribution in [3.05, 3.63) is 33.7 Å². The molecule has 5 nitrogen and oxygen atoms in total. The summed E-state index contributed by atoms with van der Waals surface area (Å²) < 4.78 is 0. The molecule has 0 aromatic carbocycles. The summed E-state index contributed by atoms with van der Waals surface area (Å²) in [6, 6.07) is 4.02. The molecule has 0 saturated heterocycles. The normalized spacial score (nSPS) is 12.1. The SMILES string of the molecule is CNC(=O)C(C)Sc1nnc(-c2ccsc2)c(-c2ccsc2)n1. The molecular weight excluding hydrogens is 348 g/mol. The highest BCUT2D eigenvalue weighted by molar-refractivity contribution is 8.00. The number of thioether (sulfide) groups is 1. The number of nitrogens with zero attached hydrogens (tertiary/aromatic N) is 3. The first-order valence-electron chi connectivity index (χ1n) is 6.87. The van der Waals surface area contributed by atoms with Gasteiger partial charge < -0.3 is 5.32 Å². The van der Waals surface area contributed by atoms with Gasteiger partial charge in [0.15, 0.2) is 0 Å². The Labute approximate surface area is 146 Å². The van der Waals surface area contributed by atoms with Crippen molar-refractivity contribution < 1.29 is 4.79 Å². The molecule has 8 heteroatoms. The molecule has 0 spiro atoms. The van der Waals surface area contributed by atoms with Crippen LogP contribution in [-0.2, 0) is 4.79 Å². The number of hydrogen-bond acceptors (Lipinski definition) is 7. The second kappa shape index (κ2) is 7.20. The lowest BCUT2D eigenvalue weighted by atomic mass is 10.1. The highest BCUT2D eigenvalue weighted by Gasteiger charge is 2.18. The van der Waals surface area contributed by atoms with Crippen molar-refractivity contribution in [3.8, 4) is 22.5 Å². The standard InChI is InChI=1S/C15H14N4OS3/c1-9(14(20)16-2)23-15-17-12(10-3-5-21-7-10)13(18-19-15)11-4-6-22-8-11/h3-9H,1-2H3,(H,16,20). The topological polar surface area (TPSA) is 67.8 Å². The molecular formula is C15H14N4OS3. The summed E-state index contributed by atoms with van der Waals surface area (Å²) in [7, 11) is 1.62. The molecule has 3 aromatic rings. The summed E-state index contributed by atoms with van der Waals surface area (Å²) in [5.74, 6) is -0.0578. The van der Waals surface area contributed by atoms with Gasteiger partial charge in [0, 0.05) is 28.9 Å². The van der Waals surface area contributed by atoms with E-state index in [1.54, 1.807) is 29.7 Å². The van der Waals surface area contributed by atoms with Crippen LogP contribution in [0.2, 0.25) is 0 Å². The molecule has 0 saturated carbocycles. The number of hydrogen-bond donors (Lipinski definition) is 1. The highest BCUT2D eigenvalue weighted by Crippen LogP contribution is 2.32. The lowest BCUT2D eigenvalue weighted by Gasteiger charge is -2.10. The van der Waals surface area contributed by atoms with Gasteiger partial charge in [0.25, 0.3) is 0 Å². The molecule has 0 aliphatic carbocycles. The summed E-state index contributed by atoms with van der Waals surface area (Å²) in [5.41, 5.74) is 3.58. The van der Waals surface area contributed by atoms with Crippen molar-refractivity contribution in [1.29, 1.82) is 0 Å². The van der Waals surface area contributed by atoms with E-state index >= 15 is 0 Å². The van der Waals surface area contributed by atoms with Gasteiger partial charge in [-0.3, -0.25) is 4.79 Å². The van der Waals surface area contributed by atoms with Crippen molar-refractivity contribution in [3.63, 3.8) is 0 Å². The molecule has 1 N–H and O–H groups in total. The zero-order valence-electron chi connectivity index (χ0n) is 12.5. The van der Waals surface area contributed by atoms with Gasteiger partial charge in [-0.1, -0.05) is 11.8 Å². The van der Waals surface area contributed by atoms with E-state index in [9.17, 15) is 4.79 Å². The van der Waals surface area contributed by atoms with Crippen molar-refractivity contribution >= 4 is 40.3 Å². The fourth-order valence-electron chi connectivity index (χ4n) is 1.97. The Kier molecular flexibility index (Phi) is 5.04. The summed E-state index contributed by atoms with van der Waals surface area (Å²) in [4.78, 5) is 16.3. The van der Waals surface area contributed by atoms with Crippen LogP contribution in [0.25, 0.3) is 22.5 Å². The maximum atomic E-state index is 11.7. The van der Waals surface area contributed by atoms with Crippen LogP contribution in [0.4, 0.5) is 0 Å². The molecule has 0 aliphatic heterocycles. The minimum atomic E-state index is -0.274. The van der Waals surface area contributed by atoms with Gasteiger partial charge >= 0.3 is 0 Å². The lowest BCUT2D eigenvalue weighted by Crippen LogP contribution is -2.27. The fourth-order valence-corrected chi connectivity index (χ4v) is 4.02. The first-order chi connectivity index (χ1) is 11.2. The molecule has 23 heavy (non-hydrogen) atoms. The van der Waals surface area contributed by atoms with E-state index < -0.39 is 0 Å². The quantitative estimate of drug-likeness (QED) is 0.703. The minimum absolute atomic E-state index is 0.0578. The fraction of sp³-hybridized carbons (Fsp3) is 0.200. The van der Waals surface area contributed by atoms with Crippen LogP contribution in [0.3, 0.4) is 0 Å². The number of nitrogens with one attached hydrogen (secondary N) is 1. The molecule has 0 radical (unpaired) electrons. The van der Waals surface area contributed by atoms with Crippen LogP contribution in [-0.4, -0.2) is 33.4 Å².